The zero-order valence-electron chi connectivity index (χ0n) is 11.0. The van der Waals surface area contributed by atoms with E-state index < -0.39 is 0 Å². The lowest BCUT2D eigenvalue weighted by Crippen LogP contribution is -2.13. The van der Waals surface area contributed by atoms with Crippen LogP contribution in [-0.2, 0) is 0 Å². The summed E-state index contributed by atoms with van der Waals surface area (Å²) in [6, 6.07) is 2.05. The molecule has 2 aromatic rings. The second-order valence-electron chi connectivity index (χ2n) is 5.63. The van der Waals surface area contributed by atoms with Gasteiger partial charge in [-0.3, -0.25) is 0 Å². The van der Waals surface area contributed by atoms with E-state index >= 15 is 0 Å². The van der Waals surface area contributed by atoms with Gasteiger partial charge < -0.3 is 5.32 Å². The molecular weight excluding hydrogens is 212 g/mol. The molecule has 0 aliphatic carbocycles. The molecule has 1 N–H and O–H groups in total. The van der Waals surface area contributed by atoms with Gasteiger partial charge in [0.05, 0.1) is 5.69 Å². The predicted octanol–water partition coefficient (Wildman–Crippen LogP) is 2.89. The Balaban J connectivity index is 2.13. The molecule has 0 bridgehead atoms. The van der Waals surface area contributed by atoms with Gasteiger partial charge in [-0.15, -0.1) is 0 Å². The highest BCUT2D eigenvalue weighted by atomic mass is 15.2. The van der Waals surface area contributed by atoms with Gasteiger partial charge in [-0.05, 0) is 24.8 Å². The summed E-state index contributed by atoms with van der Waals surface area (Å²) in [4.78, 5) is 4.37. The predicted molar refractivity (Wildman–Crippen MR) is 70.3 cm³/mol. The van der Waals surface area contributed by atoms with Gasteiger partial charge >= 0.3 is 0 Å². The van der Waals surface area contributed by atoms with Crippen molar-refractivity contribution >= 4 is 11.3 Å². The molecule has 17 heavy (non-hydrogen) atoms. The van der Waals surface area contributed by atoms with Crippen LogP contribution >= 0.6 is 0 Å². The Labute approximate surface area is 102 Å². The Morgan fingerprint density at radius 2 is 2.12 bits per heavy atom. The molecule has 0 amide bonds. The number of aromatic nitrogens is 3. The standard InChI is InChI=1S/C13H20N4/c1-10-9-11-12(14-6-5-13(2,3)4)15-7-8-17(11)16-10/h7-9H,5-6H2,1-4H3,(H,14,15). The number of hydrogen-bond acceptors (Lipinski definition) is 3. The second-order valence-corrected chi connectivity index (χ2v) is 5.63. The Morgan fingerprint density at radius 3 is 2.82 bits per heavy atom. The quantitative estimate of drug-likeness (QED) is 0.884. The third-order valence-electron chi connectivity index (χ3n) is 2.68. The number of hydrogen-bond donors (Lipinski definition) is 1. The van der Waals surface area contributed by atoms with Crippen LogP contribution in [0.4, 0.5) is 5.82 Å². The Hall–Kier alpha value is -1.58. The number of aryl methyl sites for hydroxylation is 1. The third-order valence-corrected chi connectivity index (χ3v) is 2.68. The van der Waals surface area contributed by atoms with Gasteiger partial charge in [0.1, 0.15) is 5.52 Å². The van der Waals surface area contributed by atoms with Crippen molar-refractivity contribution in [1.29, 1.82) is 0 Å². The number of nitrogens with one attached hydrogen (secondary N) is 1. The van der Waals surface area contributed by atoms with E-state index in [0.29, 0.717) is 5.41 Å². The minimum absolute atomic E-state index is 0.341. The van der Waals surface area contributed by atoms with Crippen molar-refractivity contribution in [1.82, 2.24) is 14.6 Å². The van der Waals surface area contributed by atoms with Gasteiger partial charge in [0.2, 0.25) is 0 Å². The Bertz CT molecular complexity index is 508. The monoisotopic (exact) mass is 232 g/mol. The van der Waals surface area contributed by atoms with Crippen molar-refractivity contribution in [3.05, 3.63) is 24.2 Å². The fourth-order valence-corrected chi connectivity index (χ4v) is 1.74. The molecule has 0 saturated heterocycles. The minimum atomic E-state index is 0.341. The van der Waals surface area contributed by atoms with E-state index in [0.717, 1.165) is 30.0 Å². The fraction of sp³-hybridized carbons (Fsp3) is 0.538. The van der Waals surface area contributed by atoms with Crippen molar-refractivity contribution in [3.8, 4) is 0 Å². The largest absolute Gasteiger partial charge is 0.368 e. The maximum atomic E-state index is 4.37. The molecule has 0 aliphatic heterocycles. The fourth-order valence-electron chi connectivity index (χ4n) is 1.74. The summed E-state index contributed by atoms with van der Waals surface area (Å²) in [5.41, 5.74) is 2.39. The molecule has 0 unspecified atom stereocenters. The van der Waals surface area contributed by atoms with Crippen LogP contribution in [0, 0.1) is 12.3 Å². The molecule has 2 aromatic heterocycles. The van der Waals surface area contributed by atoms with Crippen LogP contribution in [0.15, 0.2) is 18.5 Å². The molecular formula is C13H20N4. The van der Waals surface area contributed by atoms with Crippen molar-refractivity contribution in [2.75, 3.05) is 11.9 Å². The van der Waals surface area contributed by atoms with E-state index in [1.165, 1.54) is 0 Å². The van der Waals surface area contributed by atoms with E-state index in [2.05, 4.69) is 36.2 Å². The molecule has 4 heteroatoms. The summed E-state index contributed by atoms with van der Waals surface area (Å²) in [7, 11) is 0. The summed E-state index contributed by atoms with van der Waals surface area (Å²) in [5.74, 6) is 0.914. The first-order chi connectivity index (χ1) is 7.96. The average Bonchev–Trinajstić information content (AvgIpc) is 2.57. The van der Waals surface area contributed by atoms with Crippen molar-refractivity contribution in [3.63, 3.8) is 0 Å². The van der Waals surface area contributed by atoms with Crippen LogP contribution in [0.2, 0.25) is 0 Å². The summed E-state index contributed by atoms with van der Waals surface area (Å²) in [6.45, 7) is 9.65. The zero-order valence-corrected chi connectivity index (χ0v) is 11.0. The van der Waals surface area contributed by atoms with Gasteiger partial charge in [0, 0.05) is 18.9 Å². The molecule has 2 rings (SSSR count). The van der Waals surface area contributed by atoms with Gasteiger partial charge in [-0.1, -0.05) is 20.8 Å². The van der Waals surface area contributed by atoms with E-state index in [1.54, 1.807) is 6.20 Å². The lowest BCUT2D eigenvalue weighted by Gasteiger charge is -2.18. The highest BCUT2D eigenvalue weighted by Crippen LogP contribution is 2.19. The maximum absolute atomic E-state index is 4.37. The minimum Gasteiger partial charge on any atom is -0.368 e. The molecule has 4 nitrogen and oxygen atoms in total. The van der Waals surface area contributed by atoms with Crippen molar-refractivity contribution in [2.24, 2.45) is 5.41 Å². The summed E-state index contributed by atoms with van der Waals surface area (Å²) >= 11 is 0. The molecule has 0 aliphatic rings. The molecule has 0 radical (unpaired) electrons. The van der Waals surface area contributed by atoms with E-state index in [9.17, 15) is 0 Å². The molecule has 0 atom stereocenters. The first kappa shape index (κ1) is 11.9. The van der Waals surface area contributed by atoms with Crippen LogP contribution < -0.4 is 5.32 Å². The first-order valence-electron chi connectivity index (χ1n) is 6.01. The van der Waals surface area contributed by atoms with E-state index in [-0.39, 0.29) is 0 Å². The average molecular weight is 232 g/mol. The summed E-state index contributed by atoms with van der Waals surface area (Å²) in [6.07, 6.45) is 4.76. The number of rotatable bonds is 3. The topological polar surface area (TPSA) is 42.2 Å². The normalized spacial score (nSPS) is 12.0. The third kappa shape index (κ3) is 2.96. The van der Waals surface area contributed by atoms with Crippen molar-refractivity contribution < 1.29 is 0 Å². The van der Waals surface area contributed by atoms with Gasteiger partial charge in [0.15, 0.2) is 5.82 Å². The lowest BCUT2D eigenvalue weighted by molar-refractivity contribution is 0.389. The molecule has 2 heterocycles. The molecule has 92 valence electrons. The molecule has 0 aromatic carbocycles. The maximum Gasteiger partial charge on any atom is 0.152 e. The van der Waals surface area contributed by atoms with Gasteiger partial charge in [-0.25, -0.2) is 9.50 Å². The van der Waals surface area contributed by atoms with E-state index in [4.69, 9.17) is 0 Å². The van der Waals surface area contributed by atoms with Crippen LogP contribution in [-0.4, -0.2) is 21.1 Å². The Morgan fingerprint density at radius 1 is 1.35 bits per heavy atom. The van der Waals surface area contributed by atoms with Gasteiger partial charge in [0.25, 0.3) is 0 Å². The zero-order chi connectivity index (χ0) is 12.5. The van der Waals surface area contributed by atoms with Crippen LogP contribution in [0.25, 0.3) is 5.52 Å². The number of anilines is 1. The van der Waals surface area contributed by atoms with Crippen LogP contribution in [0.5, 0.6) is 0 Å². The number of fused-ring (bicyclic) bond motifs is 1. The summed E-state index contributed by atoms with van der Waals surface area (Å²) < 4.78 is 1.86. The summed E-state index contributed by atoms with van der Waals surface area (Å²) in [5, 5.41) is 7.75. The number of nitrogens with zero attached hydrogens (tertiary/aromatic N) is 3. The lowest BCUT2D eigenvalue weighted by atomic mass is 9.92. The van der Waals surface area contributed by atoms with Crippen LogP contribution in [0.3, 0.4) is 0 Å². The van der Waals surface area contributed by atoms with Crippen LogP contribution in [0.1, 0.15) is 32.9 Å². The molecule has 0 spiro atoms. The molecule has 0 fully saturated rings. The molecule has 0 saturated carbocycles. The highest BCUT2D eigenvalue weighted by molar-refractivity contribution is 5.67. The van der Waals surface area contributed by atoms with E-state index in [1.807, 2.05) is 23.7 Å². The SMILES string of the molecule is Cc1cc2c(NCCC(C)(C)C)nccn2n1. The smallest absolute Gasteiger partial charge is 0.152 e. The first-order valence-corrected chi connectivity index (χ1v) is 6.01. The van der Waals surface area contributed by atoms with Gasteiger partial charge in [-0.2, -0.15) is 5.10 Å². The van der Waals surface area contributed by atoms with Crippen molar-refractivity contribution in [2.45, 2.75) is 34.1 Å². The second kappa shape index (κ2) is 4.35. The Kier molecular flexibility index (Phi) is 3.05. The highest BCUT2D eigenvalue weighted by Gasteiger charge is 2.10.